The smallest absolute Gasteiger partial charge is 0.478 e. The van der Waals surface area contributed by atoms with Crippen LogP contribution in [0.5, 0.6) is 0 Å². The van der Waals surface area contributed by atoms with E-state index in [1.54, 1.807) is 13.2 Å². The summed E-state index contributed by atoms with van der Waals surface area (Å²) in [4.78, 5) is 36.1. The van der Waals surface area contributed by atoms with E-state index in [0.717, 1.165) is 24.3 Å². The topological polar surface area (TPSA) is 166 Å². The molecule has 1 saturated heterocycles. The first-order valence-corrected chi connectivity index (χ1v) is 13.3. The fraction of sp³-hybridized carbons (Fsp3) is 0.375. The highest BCUT2D eigenvalue weighted by Gasteiger charge is 2.38. The van der Waals surface area contributed by atoms with E-state index in [4.69, 9.17) is 14.6 Å². The van der Waals surface area contributed by atoms with Gasteiger partial charge in [0.15, 0.2) is 0 Å². The second-order valence-corrected chi connectivity index (χ2v) is 10.2. The zero-order chi connectivity index (χ0) is 30.8. The Morgan fingerprint density at radius 1 is 1.00 bits per heavy atom. The number of halogens is 4. The Morgan fingerprint density at radius 3 is 2.10 bits per heavy atom. The van der Waals surface area contributed by atoms with E-state index in [1.807, 2.05) is 9.80 Å². The average molecular weight is 609 g/mol. The molecule has 1 aliphatic heterocycles. The molecule has 1 heterocycles. The van der Waals surface area contributed by atoms with Crippen LogP contribution >= 0.6 is 0 Å². The normalized spacial score (nSPS) is 14.0. The van der Waals surface area contributed by atoms with Crippen molar-refractivity contribution in [1.29, 1.82) is 0 Å². The fourth-order valence-electron chi connectivity index (χ4n) is 3.54. The van der Waals surface area contributed by atoms with Crippen LogP contribution < -0.4 is 14.9 Å². The molecule has 3 rings (SSSR count). The minimum absolute atomic E-state index is 0.0769. The van der Waals surface area contributed by atoms with Gasteiger partial charge in [0.1, 0.15) is 5.82 Å². The molecule has 2 aromatic rings. The Balaban J connectivity index is 0.000000745. The molecule has 4 N–H and O–H groups in total. The lowest BCUT2D eigenvalue weighted by Crippen LogP contribution is -2.49. The first-order chi connectivity index (χ1) is 19.1. The van der Waals surface area contributed by atoms with Gasteiger partial charge in [-0.15, -0.1) is 0 Å². The number of nitrogens with one attached hydrogen (secondary N) is 2. The predicted octanol–water partition coefficient (Wildman–Crippen LogP) is 1.84. The Labute approximate surface area is 232 Å². The van der Waals surface area contributed by atoms with Crippen molar-refractivity contribution in [3.05, 3.63) is 53.8 Å². The summed E-state index contributed by atoms with van der Waals surface area (Å²) in [5.74, 6) is -4.63. The first kappa shape index (κ1) is 33.2. The van der Waals surface area contributed by atoms with Crippen LogP contribution in [0.3, 0.4) is 0 Å². The standard InChI is InChI=1S/C22H27FN4O6S.C2HF3O2/c1-33-13-8-24-21(28)15-26-9-11-27(12-10-26)20-7-2-16(22(29)30)14-19(20)25-34(31,32)18-5-3-17(23)4-6-18;3-2(4,5)1(6)7/h2-7,14,25H,8-13,15H2,1H3,(H,24,28)(H,29,30);(H,6,7). The van der Waals surface area contributed by atoms with Gasteiger partial charge in [-0.25, -0.2) is 22.4 Å². The number of methoxy groups -OCH3 is 1. The number of carboxylic acids is 2. The number of sulfonamides is 1. The molecule has 41 heavy (non-hydrogen) atoms. The number of hydrogen-bond donors (Lipinski definition) is 4. The maximum absolute atomic E-state index is 13.2. The van der Waals surface area contributed by atoms with E-state index in [-0.39, 0.29) is 28.6 Å². The monoisotopic (exact) mass is 608 g/mol. The number of piperazine rings is 1. The van der Waals surface area contributed by atoms with Crippen LogP contribution in [0.25, 0.3) is 0 Å². The lowest BCUT2D eigenvalue weighted by Gasteiger charge is -2.36. The first-order valence-electron chi connectivity index (χ1n) is 11.8. The number of hydrogen-bond acceptors (Lipinski definition) is 8. The number of anilines is 2. The minimum Gasteiger partial charge on any atom is -0.478 e. The number of carbonyl (C=O) groups excluding carboxylic acids is 1. The quantitative estimate of drug-likeness (QED) is 0.231. The van der Waals surface area contributed by atoms with Crippen molar-refractivity contribution < 1.29 is 55.3 Å². The van der Waals surface area contributed by atoms with Gasteiger partial charge in [-0.1, -0.05) is 0 Å². The van der Waals surface area contributed by atoms with Gasteiger partial charge in [0.2, 0.25) is 5.91 Å². The molecule has 0 unspecified atom stereocenters. The number of aromatic carboxylic acids is 1. The van der Waals surface area contributed by atoms with Crippen molar-refractivity contribution >= 4 is 39.2 Å². The third-order valence-corrected chi connectivity index (χ3v) is 6.94. The van der Waals surface area contributed by atoms with E-state index < -0.39 is 34.0 Å². The zero-order valence-corrected chi connectivity index (χ0v) is 22.5. The molecule has 0 saturated carbocycles. The molecule has 226 valence electrons. The number of benzene rings is 2. The Bertz CT molecular complexity index is 1320. The molecule has 1 amide bonds. The van der Waals surface area contributed by atoms with Crippen LogP contribution in [0, 0.1) is 5.82 Å². The van der Waals surface area contributed by atoms with E-state index in [9.17, 15) is 40.7 Å². The summed E-state index contributed by atoms with van der Waals surface area (Å²) in [5, 5.41) is 19.3. The molecule has 0 aliphatic carbocycles. The summed E-state index contributed by atoms with van der Waals surface area (Å²) in [7, 11) is -2.52. The third kappa shape index (κ3) is 10.5. The molecule has 17 heteroatoms. The molecule has 2 aromatic carbocycles. The van der Waals surface area contributed by atoms with Gasteiger partial charge in [0.25, 0.3) is 10.0 Å². The van der Waals surface area contributed by atoms with Gasteiger partial charge >= 0.3 is 18.1 Å². The highest BCUT2D eigenvalue weighted by atomic mass is 32.2. The zero-order valence-electron chi connectivity index (χ0n) is 21.6. The molecule has 0 aromatic heterocycles. The summed E-state index contributed by atoms with van der Waals surface area (Å²) < 4.78 is 78.0. The number of alkyl halides is 3. The highest BCUT2D eigenvalue weighted by molar-refractivity contribution is 7.92. The third-order valence-electron chi connectivity index (χ3n) is 5.56. The molecule has 0 bridgehead atoms. The maximum atomic E-state index is 13.2. The van der Waals surface area contributed by atoms with Crippen molar-refractivity contribution in [3.8, 4) is 0 Å². The maximum Gasteiger partial charge on any atom is 0.490 e. The number of ether oxygens (including phenoxy) is 1. The van der Waals surface area contributed by atoms with Crippen LogP contribution in [0.15, 0.2) is 47.4 Å². The summed E-state index contributed by atoms with van der Waals surface area (Å²) in [5.41, 5.74) is 0.543. The summed E-state index contributed by atoms with van der Waals surface area (Å²) in [6.45, 7) is 3.22. The average Bonchev–Trinajstić information content (AvgIpc) is 2.89. The fourth-order valence-corrected chi connectivity index (χ4v) is 4.61. The number of rotatable bonds is 10. The molecule has 1 fully saturated rings. The minimum atomic E-state index is -5.08. The lowest BCUT2D eigenvalue weighted by molar-refractivity contribution is -0.192. The van der Waals surface area contributed by atoms with E-state index >= 15 is 0 Å². The second-order valence-electron chi connectivity index (χ2n) is 8.51. The lowest BCUT2D eigenvalue weighted by atomic mass is 10.1. The molecule has 1 aliphatic rings. The summed E-state index contributed by atoms with van der Waals surface area (Å²) in [6, 6.07) is 8.56. The van der Waals surface area contributed by atoms with E-state index in [2.05, 4.69) is 10.0 Å². The van der Waals surface area contributed by atoms with E-state index in [0.29, 0.717) is 45.0 Å². The highest BCUT2D eigenvalue weighted by Crippen LogP contribution is 2.30. The molecular weight excluding hydrogens is 580 g/mol. The van der Waals surface area contributed by atoms with Crippen molar-refractivity contribution in [3.63, 3.8) is 0 Å². The van der Waals surface area contributed by atoms with E-state index in [1.165, 1.54) is 12.1 Å². The van der Waals surface area contributed by atoms with Gasteiger partial charge in [0.05, 0.1) is 35.0 Å². The van der Waals surface area contributed by atoms with Gasteiger partial charge in [-0.3, -0.25) is 14.4 Å². The largest absolute Gasteiger partial charge is 0.490 e. The molecule has 0 atom stereocenters. The Hall–Kier alpha value is -3.96. The summed E-state index contributed by atoms with van der Waals surface area (Å²) >= 11 is 0. The van der Waals surface area contributed by atoms with Crippen molar-refractivity contribution in [2.75, 3.05) is 62.6 Å². The summed E-state index contributed by atoms with van der Waals surface area (Å²) in [6.07, 6.45) is -5.08. The SMILES string of the molecule is COCCNC(=O)CN1CCN(c2ccc(C(=O)O)cc2NS(=O)(=O)c2ccc(F)cc2)CC1.O=C(O)C(F)(F)F. The predicted molar refractivity (Wildman–Crippen MR) is 138 cm³/mol. The van der Waals surface area contributed by atoms with Crippen LogP contribution in [0.4, 0.5) is 28.9 Å². The molecule has 0 radical (unpaired) electrons. The number of carboxylic acid groups (broad SMARTS) is 2. The van der Waals surface area contributed by atoms with Gasteiger partial charge < -0.3 is 25.2 Å². The van der Waals surface area contributed by atoms with Gasteiger partial charge in [-0.05, 0) is 42.5 Å². The number of carbonyl (C=O) groups is 3. The van der Waals surface area contributed by atoms with Crippen molar-refractivity contribution in [2.45, 2.75) is 11.1 Å². The van der Waals surface area contributed by atoms with Crippen LogP contribution in [-0.2, 0) is 24.3 Å². The van der Waals surface area contributed by atoms with Gasteiger partial charge in [0, 0.05) is 39.8 Å². The van der Waals surface area contributed by atoms with Crippen LogP contribution in [0.2, 0.25) is 0 Å². The van der Waals surface area contributed by atoms with Crippen LogP contribution in [-0.4, -0.2) is 101 Å². The molecule has 12 nitrogen and oxygen atoms in total. The second kappa shape index (κ2) is 14.6. The van der Waals surface area contributed by atoms with Crippen LogP contribution in [0.1, 0.15) is 10.4 Å². The molecular formula is C24H28F4N4O8S. The van der Waals surface area contributed by atoms with Gasteiger partial charge in [-0.2, -0.15) is 13.2 Å². The van der Waals surface area contributed by atoms with Crippen molar-refractivity contribution in [2.24, 2.45) is 0 Å². The van der Waals surface area contributed by atoms with Crippen molar-refractivity contribution in [1.82, 2.24) is 10.2 Å². The number of nitrogens with zero attached hydrogens (tertiary/aromatic N) is 2. The Kier molecular flexibility index (Phi) is 11.8. The Morgan fingerprint density at radius 2 is 1.59 bits per heavy atom. The molecule has 0 spiro atoms. The number of aliphatic carboxylic acids is 1. The number of amides is 1.